The molecule has 0 amide bonds. The molecule has 2 heterocycles. The molecule has 4 rings (SSSR count). The molecule has 2 aromatic carbocycles. The molecule has 10 heteroatoms. The number of methoxy groups -OCH3 is 1. The van der Waals surface area contributed by atoms with E-state index in [-0.39, 0.29) is 17.8 Å². The van der Waals surface area contributed by atoms with E-state index in [0.29, 0.717) is 16.7 Å². The monoisotopic (exact) mass is 520 g/mol. The molecule has 2 aromatic heterocycles. The van der Waals surface area contributed by atoms with E-state index in [1.807, 2.05) is 19.1 Å². The molecule has 4 aromatic rings. The van der Waals surface area contributed by atoms with Crippen LogP contribution in [0.2, 0.25) is 0 Å². The highest BCUT2D eigenvalue weighted by Crippen LogP contribution is 2.40. The Balaban J connectivity index is 1.90. The van der Waals surface area contributed by atoms with Crippen molar-refractivity contribution in [2.24, 2.45) is 0 Å². The fourth-order valence-corrected chi connectivity index (χ4v) is 4.98. The fourth-order valence-electron chi connectivity index (χ4n) is 3.96. The number of nitrogens with zero attached hydrogens (tertiary/aromatic N) is 1. The van der Waals surface area contributed by atoms with Gasteiger partial charge < -0.3 is 14.6 Å². The van der Waals surface area contributed by atoms with E-state index in [2.05, 4.69) is 5.32 Å². The first-order valence-corrected chi connectivity index (χ1v) is 11.6. The molecule has 0 saturated carbocycles. The number of aryl methyl sites for hydroxylation is 1. The Morgan fingerprint density at radius 2 is 1.72 bits per heavy atom. The molecule has 4 nitrogen and oxygen atoms in total. The molecule has 0 radical (unpaired) electrons. The lowest BCUT2D eigenvalue weighted by Crippen LogP contribution is -2.28. The van der Waals surface area contributed by atoms with Crippen LogP contribution in [0.1, 0.15) is 16.7 Å². The summed E-state index contributed by atoms with van der Waals surface area (Å²) in [6.07, 6.45) is -4.81. The van der Waals surface area contributed by atoms with Gasteiger partial charge in [-0.15, -0.1) is 11.3 Å². The normalized spacial score (nSPS) is 11.6. The fraction of sp³-hybridized carbons (Fsp3) is 0.192. The van der Waals surface area contributed by atoms with Crippen molar-refractivity contribution in [1.82, 2.24) is 4.57 Å². The summed E-state index contributed by atoms with van der Waals surface area (Å²) in [6, 6.07) is 12.6. The van der Waals surface area contributed by atoms with Gasteiger partial charge in [-0.2, -0.15) is 13.2 Å². The summed E-state index contributed by atoms with van der Waals surface area (Å²) in [5.74, 6) is -1.01. The zero-order valence-electron chi connectivity index (χ0n) is 19.5. The lowest BCUT2D eigenvalue weighted by Gasteiger charge is -2.19. The summed E-state index contributed by atoms with van der Waals surface area (Å²) in [5, 5.41) is 2.33. The van der Waals surface area contributed by atoms with Crippen molar-refractivity contribution < 1.29 is 26.7 Å². The van der Waals surface area contributed by atoms with E-state index in [9.17, 15) is 26.7 Å². The molecular weight excluding hydrogens is 499 g/mol. The van der Waals surface area contributed by atoms with Crippen LogP contribution in [0.25, 0.3) is 21.0 Å². The molecule has 1 N–H and O–H groups in total. The number of thiophene rings is 1. The van der Waals surface area contributed by atoms with Gasteiger partial charge in [0.15, 0.2) is 0 Å². The second-order valence-corrected chi connectivity index (χ2v) is 9.13. The molecule has 0 aliphatic rings. The number of rotatable bonds is 6. The standard InChI is InChI=1S/C26H21F5N2O2S/c1-14-10-15(5-7-21(14)35-3)22-8-9-23(36-22)20-12-18(26(29,30)31)24(32-2)25(34)33(20)13-16-4-6-17(27)11-19(16)28/h4-12,32H,13H2,1-3H3. The smallest absolute Gasteiger partial charge is 0.418 e. The van der Waals surface area contributed by atoms with Gasteiger partial charge in [0, 0.05) is 23.6 Å². The number of pyridine rings is 1. The summed E-state index contributed by atoms with van der Waals surface area (Å²) < 4.78 is 75.8. The highest BCUT2D eigenvalue weighted by molar-refractivity contribution is 7.18. The predicted molar refractivity (Wildman–Crippen MR) is 131 cm³/mol. The van der Waals surface area contributed by atoms with E-state index in [4.69, 9.17) is 4.74 Å². The SMILES string of the molecule is CNc1c(C(F)(F)F)cc(-c2ccc(-c3ccc(OC)c(C)c3)s2)n(Cc2ccc(F)cc2F)c1=O. The molecule has 0 spiro atoms. The number of anilines is 1. The molecule has 188 valence electrons. The zero-order chi connectivity index (χ0) is 26.2. The first-order valence-electron chi connectivity index (χ1n) is 10.8. The Morgan fingerprint density at radius 1 is 1.00 bits per heavy atom. The van der Waals surface area contributed by atoms with Crippen molar-refractivity contribution >= 4 is 17.0 Å². The maximum absolute atomic E-state index is 14.4. The maximum atomic E-state index is 14.4. The van der Waals surface area contributed by atoms with Gasteiger partial charge in [0.1, 0.15) is 23.1 Å². The predicted octanol–water partition coefficient (Wildman–Crippen LogP) is 6.95. The van der Waals surface area contributed by atoms with Crippen LogP contribution in [0, 0.1) is 18.6 Å². The van der Waals surface area contributed by atoms with E-state index >= 15 is 0 Å². The third-order valence-electron chi connectivity index (χ3n) is 5.74. The maximum Gasteiger partial charge on any atom is 0.418 e. The van der Waals surface area contributed by atoms with Gasteiger partial charge in [0.25, 0.3) is 5.56 Å². The molecule has 36 heavy (non-hydrogen) atoms. The number of hydrogen-bond donors (Lipinski definition) is 1. The minimum absolute atomic E-state index is 0.0310. The zero-order valence-corrected chi connectivity index (χ0v) is 20.3. The Bertz CT molecular complexity index is 1490. The molecular formula is C26H21F5N2O2S. The van der Waals surface area contributed by atoms with Crippen molar-refractivity contribution in [3.05, 3.63) is 93.3 Å². The second-order valence-electron chi connectivity index (χ2n) is 8.04. The molecule has 0 saturated heterocycles. The first-order chi connectivity index (χ1) is 17.0. The average molecular weight is 521 g/mol. The minimum Gasteiger partial charge on any atom is -0.496 e. The number of nitrogens with one attached hydrogen (secondary N) is 1. The van der Waals surface area contributed by atoms with Crippen LogP contribution in [-0.2, 0) is 12.7 Å². The third-order valence-corrected chi connectivity index (χ3v) is 6.89. The average Bonchev–Trinajstić information content (AvgIpc) is 3.31. The topological polar surface area (TPSA) is 43.3 Å². The summed E-state index contributed by atoms with van der Waals surface area (Å²) in [5.41, 5.74) is -1.12. The molecule has 0 aliphatic carbocycles. The van der Waals surface area contributed by atoms with E-state index in [1.165, 1.54) is 18.4 Å². The number of alkyl halides is 3. The highest BCUT2D eigenvalue weighted by Gasteiger charge is 2.36. The lowest BCUT2D eigenvalue weighted by molar-refractivity contribution is -0.137. The molecule has 0 fully saturated rings. The molecule has 0 aliphatic heterocycles. The molecule has 0 unspecified atom stereocenters. The van der Waals surface area contributed by atoms with Gasteiger partial charge in [-0.3, -0.25) is 4.79 Å². The van der Waals surface area contributed by atoms with Crippen molar-refractivity contribution in [1.29, 1.82) is 0 Å². The number of ether oxygens (including phenoxy) is 1. The van der Waals surface area contributed by atoms with Crippen LogP contribution < -0.4 is 15.6 Å². The Labute approximate surface area is 207 Å². The summed E-state index contributed by atoms with van der Waals surface area (Å²) >= 11 is 1.19. The van der Waals surface area contributed by atoms with Crippen LogP contribution >= 0.6 is 11.3 Å². The summed E-state index contributed by atoms with van der Waals surface area (Å²) in [4.78, 5) is 14.4. The Hall–Kier alpha value is -3.66. The van der Waals surface area contributed by atoms with Crippen LogP contribution in [0.3, 0.4) is 0 Å². The number of halogens is 5. The van der Waals surface area contributed by atoms with E-state index in [0.717, 1.165) is 38.8 Å². The van der Waals surface area contributed by atoms with Gasteiger partial charge in [-0.05, 0) is 60.5 Å². The van der Waals surface area contributed by atoms with Gasteiger partial charge in [-0.1, -0.05) is 6.07 Å². The van der Waals surface area contributed by atoms with Crippen LogP contribution in [-0.4, -0.2) is 18.7 Å². The Kier molecular flexibility index (Phi) is 6.90. The van der Waals surface area contributed by atoms with E-state index < -0.39 is 34.6 Å². The van der Waals surface area contributed by atoms with Gasteiger partial charge >= 0.3 is 6.18 Å². The van der Waals surface area contributed by atoms with Crippen molar-refractivity contribution in [2.45, 2.75) is 19.6 Å². The summed E-state index contributed by atoms with van der Waals surface area (Å²) in [6.45, 7) is 1.49. The third kappa shape index (κ3) is 4.86. The van der Waals surface area contributed by atoms with Gasteiger partial charge in [0.2, 0.25) is 0 Å². The van der Waals surface area contributed by atoms with Gasteiger partial charge in [0.05, 0.1) is 29.8 Å². The first kappa shape index (κ1) is 25.4. The van der Waals surface area contributed by atoms with Crippen LogP contribution in [0.5, 0.6) is 5.75 Å². The quantitative estimate of drug-likeness (QED) is 0.280. The summed E-state index contributed by atoms with van der Waals surface area (Å²) in [7, 11) is 2.77. The van der Waals surface area contributed by atoms with Crippen molar-refractivity contribution in [3.63, 3.8) is 0 Å². The van der Waals surface area contributed by atoms with Crippen LogP contribution in [0.15, 0.2) is 59.4 Å². The molecule has 0 atom stereocenters. The second kappa shape index (κ2) is 9.77. The number of benzene rings is 2. The van der Waals surface area contributed by atoms with E-state index in [1.54, 1.807) is 25.3 Å². The number of hydrogen-bond acceptors (Lipinski definition) is 4. The highest BCUT2D eigenvalue weighted by atomic mass is 32.1. The van der Waals surface area contributed by atoms with Crippen LogP contribution in [0.4, 0.5) is 27.6 Å². The largest absolute Gasteiger partial charge is 0.496 e. The molecule has 0 bridgehead atoms. The van der Waals surface area contributed by atoms with Crippen molar-refractivity contribution in [3.8, 4) is 26.8 Å². The Morgan fingerprint density at radius 3 is 2.33 bits per heavy atom. The lowest BCUT2D eigenvalue weighted by atomic mass is 10.1. The minimum atomic E-state index is -4.81. The number of aromatic nitrogens is 1. The van der Waals surface area contributed by atoms with Gasteiger partial charge in [-0.25, -0.2) is 8.78 Å². The van der Waals surface area contributed by atoms with Crippen molar-refractivity contribution in [2.75, 3.05) is 19.5 Å².